The first kappa shape index (κ1) is 34.4. The summed E-state index contributed by atoms with van der Waals surface area (Å²) in [4.78, 5) is 0. The molecule has 0 aromatic heterocycles. The Morgan fingerprint density at radius 3 is 1.14 bits per heavy atom. The van der Waals surface area contributed by atoms with Crippen molar-refractivity contribution in [2.24, 2.45) is 10.2 Å². The van der Waals surface area contributed by atoms with Gasteiger partial charge in [0.1, 0.15) is 0 Å². The van der Waals surface area contributed by atoms with Gasteiger partial charge >= 0.3 is 0 Å². The Labute approximate surface area is 279 Å². The van der Waals surface area contributed by atoms with E-state index in [0.717, 1.165) is 22.3 Å². The van der Waals surface area contributed by atoms with Gasteiger partial charge in [-0.3, -0.25) is 0 Å². The van der Waals surface area contributed by atoms with Crippen LogP contribution in [0.1, 0.15) is 34.3 Å². The number of nitrogens with zero attached hydrogens (tertiary/aromatic N) is 4. The number of benzene rings is 2. The number of rotatable bonds is 1. The third-order valence-corrected chi connectivity index (χ3v) is 5.72. The first-order valence-electron chi connectivity index (χ1n) is 12.9. The molecule has 6 heteroatoms. The Hall–Kier alpha value is -3.79. The van der Waals surface area contributed by atoms with Crippen molar-refractivity contribution in [3.63, 3.8) is 0 Å². The van der Waals surface area contributed by atoms with Crippen LogP contribution in [0.25, 0.3) is 10.9 Å². The zero-order chi connectivity index (χ0) is 27.5. The average molecular weight is 612 g/mol. The molecule has 0 saturated carbocycles. The molecule has 0 aliphatic carbocycles. The van der Waals surface area contributed by atoms with Crippen molar-refractivity contribution in [3.05, 3.63) is 203 Å². The molecule has 2 aliphatic rings. The minimum Gasteiger partial charge on any atom is -0.999 e. The maximum atomic E-state index is 4.40. The van der Waals surface area contributed by atoms with Gasteiger partial charge in [-0.25, -0.2) is 36.4 Å². The summed E-state index contributed by atoms with van der Waals surface area (Å²) < 4.78 is 0. The molecule has 210 valence electrons. The fourth-order valence-electron chi connectivity index (χ4n) is 3.86. The Morgan fingerprint density at radius 2 is 0.857 bits per heavy atom. The molecule has 6 aromatic carbocycles. The Balaban J connectivity index is 0.000000227. The van der Waals surface area contributed by atoms with E-state index in [2.05, 4.69) is 69.6 Å². The maximum absolute atomic E-state index is 4.40. The predicted octanol–water partition coefficient (Wildman–Crippen LogP) is 8.73. The zero-order valence-electron chi connectivity index (χ0n) is 23.0. The molecule has 6 aromatic rings. The van der Waals surface area contributed by atoms with Crippen LogP contribution in [0.15, 0.2) is 156 Å². The molecule has 8 rings (SSSR count). The van der Waals surface area contributed by atoms with Crippen molar-refractivity contribution in [3.8, 4) is 0 Å². The molecule has 2 heterocycles. The first-order valence-corrected chi connectivity index (χ1v) is 12.9. The Bertz CT molecular complexity index is 1220. The van der Waals surface area contributed by atoms with E-state index < -0.39 is 0 Å². The van der Waals surface area contributed by atoms with Gasteiger partial charge in [-0.1, -0.05) is 71.7 Å². The van der Waals surface area contributed by atoms with Gasteiger partial charge in [0.15, 0.2) is 0 Å². The second kappa shape index (κ2) is 21.0. The van der Waals surface area contributed by atoms with Crippen molar-refractivity contribution >= 4 is 12.4 Å². The second-order valence-corrected chi connectivity index (χ2v) is 8.44. The van der Waals surface area contributed by atoms with Gasteiger partial charge in [-0.05, 0) is 11.1 Å². The summed E-state index contributed by atoms with van der Waals surface area (Å²) in [5.41, 5.74) is 13.3. The molecule has 0 bridgehead atoms. The van der Waals surface area contributed by atoms with Crippen LogP contribution in [0.2, 0.25) is 0 Å². The quantitative estimate of drug-likeness (QED) is 0.132. The van der Waals surface area contributed by atoms with E-state index >= 15 is 0 Å². The van der Waals surface area contributed by atoms with Gasteiger partial charge in [0.05, 0.1) is 0 Å². The SMILES string of the molecule is C1=N[N-]C(C2[N-]N=Cc3ccccc32)c2ccccc21.[Ti].[Ti].[c-]1[c-][c-][cH-][c-]1.c1cc[cH-]c1.c1cc[cH-]c1.c1cc[cH-]c1. The van der Waals surface area contributed by atoms with Gasteiger partial charge in [-0.2, -0.15) is 54.6 Å². The third-order valence-electron chi connectivity index (χ3n) is 5.72. The Kier molecular flexibility index (Phi) is 17.2. The summed E-state index contributed by atoms with van der Waals surface area (Å²) in [6, 6.07) is 58.2. The zero-order valence-corrected chi connectivity index (χ0v) is 26.1. The molecule has 0 radical (unpaired) electrons. The van der Waals surface area contributed by atoms with E-state index in [1.165, 1.54) is 0 Å². The van der Waals surface area contributed by atoms with Gasteiger partial charge in [0.25, 0.3) is 0 Å². The van der Waals surface area contributed by atoms with E-state index in [-0.39, 0.29) is 55.5 Å². The summed E-state index contributed by atoms with van der Waals surface area (Å²) in [6.07, 6.45) is 3.59. The molecular weight excluding hydrogens is 584 g/mol. The third kappa shape index (κ3) is 11.6. The standard InChI is InChI=1S/C16H12N4.3C5H5.C5H.2Ti/c1-3-7-13-11(5-1)9-17-19-15(13)16-14-8-4-2-6-12(14)10-18-20-16;4*1-2-4-5-3-1;;/h1-10,15-16H;3*1-5H;1H;;/q-2;3*-1;-5;;. The first-order chi connectivity index (χ1) is 19.9. The van der Waals surface area contributed by atoms with Crippen molar-refractivity contribution in [2.75, 3.05) is 0 Å². The molecule has 0 fully saturated rings. The summed E-state index contributed by atoms with van der Waals surface area (Å²) in [5, 5.41) is 8.27. The summed E-state index contributed by atoms with van der Waals surface area (Å²) in [7, 11) is 0. The summed E-state index contributed by atoms with van der Waals surface area (Å²) >= 11 is 0. The molecule has 0 saturated heterocycles. The molecule has 0 amide bonds. The van der Waals surface area contributed by atoms with Crippen molar-refractivity contribution < 1.29 is 43.4 Å². The van der Waals surface area contributed by atoms with Gasteiger partial charge in [0.2, 0.25) is 0 Å². The minimum absolute atomic E-state index is 0. The predicted molar refractivity (Wildman–Crippen MR) is 164 cm³/mol. The molecule has 4 nitrogen and oxygen atoms in total. The van der Waals surface area contributed by atoms with E-state index in [4.69, 9.17) is 0 Å². The van der Waals surface area contributed by atoms with Crippen molar-refractivity contribution in [1.29, 1.82) is 0 Å². The molecule has 42 heavy (non-hydrogen) atoms. The van der Waals surface area contributed by atoms with Crippen LogP contribution < -0.4 is 0 Å². The largest absolute Gasteiger partial charge is 0.999 e. The molecule has 2 atom stereocenters. The van der Waals surface area contributed by atoms with E-state index in [0.29, 0.717) is 0 Å². The number of hydrogen-bond acceptors (Lipinski definition) is 2. The average Bonchev–Trinajstić information content (AvgIpc) is 3.86. The Morgan fingerprint density at radius 1 is 0.500 bits per heavy atom. The van der Waals surface area contributed by atoms with Crippen LogP contribution in [0, 0.1) is 24.3 Å². The summed E-state index contributed by atoms with van der Waals surface area (Å²) in [6.45, 7) is 0. The topological polar surface area (TPSA) is 52.9 Å². The van der Waals surface area contributed by atoms with Gasteiger partial charge in [0, 0.05) is 55.9 Å². The van der Waals surface area contributed by atoms with Crippen molar-refractivity contribution in [1.82, 2.24) is 0 Å². The maximum Gasteiger partial charge on any atom is 0.0111 e. The molecular formula is C36H28N4Ti2-10. The normalized spacial score (nSPS) is 14.5. The van der Waals surface area contributed by atoms with E-state index in [1.54, 1.807) is 18.5 Å². The van der Waals surface area contributed by atoms with E-state index in [1.807, 2.05) is 115 Å². The monoisotopic (exact) mass is 612 g/mol. The van der Waals surface area contributed by atoms with Crippen LogP contribution in [0.3, 0.4) is 0 Å². The fraction of sp³-hybridized carbons (Fsp3) is 0.0556. The molecule has 0 spiro atoms. The smallest absolute Gasteiger partial charge is 0.0111 e. The minimum atomic E-state index is -0.102. The van der Waals surface area contributed by atoms with Crippen LogP contribution in [-0.4, -0.2) is 12.4 Å². The molecule has 0 N–H and O–H groups in total. The molecule has 2 aliphatic heterocycles. The fourth-order valence-corrected chi connectivity index (χ4v) is 3.86. The second-order valence-electron chi connectivity index (χ2n) is 8.44. The van der Waals surface area contributed by atoms with Crippen LogP contribution in [-0.2, 0) is 43.4 Å². The number of fused-ring (bicyclic) bond motifs is 2. The van der Waals surface area contributed by atoms with Gasteiger partial charge in [-0.15, -0.1) is 0 Å². The van der Waals surface area contributed by atoms with Crippen LogP contribution >= 0.6 is 0 Å². The molecule has 2 unspecified atom stereocenters. The summed E-state index contributed by atoms with van der Waals surface area (Å²) in [5.74, 6) is 0. The van der Waals surface area contributed by atoms with Crippen LogP contribution in [0.5, 0.6) is 0 Å². The van der Waals surface area contributed by atoms with Crippen LogP contribution in [0.4, 0.5) is 0 Å². The number of hydrogen-bond donors (Lipinski definition) is 0. The van der Waals surface area contributed by atoms with E-state index in [9.17, 15) is 0 Å². The van der Waals surface area contributed by atoms with Crippen molar-refractivity contribution in [2.45, 2.75) is 12.1 Å². The van der Waals surface area contributed by atoms with Gasteiger partial charge < -0.3 is 51.4 Å².